The van der Waals surface area contributed by atoms with Gasteiger partial charge in [-0.25, -0.2) is 0 Å². The summed E-state index contributed by atoms with van der Waals surface area (Å²) in [6.45, 7) is 2.08. The molecule has 21 heavy (non-hydrogen) atoms. The average Bonchev–Trinajstić information content (AvgIpc) is 2.93. The first kappa shape index (κ1) is 15.2. The number of rotatable bonds is 6. The van der Waals surface area contributed by atoms with Crippen LogP contribution < -0.4 is 10.1 Å². The molecule has 1 heterocycles. The van der Waals surface area contributed by atoms with Crippen LogP contribution in [0.4, 0.5) is 5.13 Å². The molecule has 1 amide bonds. The molecule has 5 nitrogen and oxygen atoms in total. The molecule has 2 rings (SSSR count). The highest BCUT2D eigenvalue weighted by Gasteiger charge is 2.05. The number of benzene rings is 1. The van der Waals surface area contributed by atoms with Crippen LogP contribution in [0.1, 0.15) is 23.9 Å². The van der Waals surface area contributed by atoms with Gasteiger partial charge in [-0.1, -0.05) is 30.4 Å². The first-order chi connectivity index (χ1) is 10.2. The summed E-state index contributed by atoms with van der Waals surface area (Å²) in [7, 11) is 1.62. The van der Waals surface area contributed by atoms with Gasteiger partial charge in [0.2, 0.25) is 11.0 Å². The summed E-state index contributed by atoms with van der Waals surface area (Å²) in [5.41, 5.74) is 0.926. The van der Waals surface area contributed by atoms with Crippen molar-refractivity contribution >= 4 is 28.5 Å². The molecule has 0 bridgehead atoms. The molecule has 0 spiro atoms. The minimum Gasteiger partial charge on any atom is -0.497 e. The summed E-state index contributed by atoms with van der Waals surface area (Å²) in [4.78, 5) is 11.8. The van der Waals surface area contributed by atoms with Gasteiger partial charge < -0.3 is 4.74 Å². The minimum absolute atomic E-state index is 0.218. The average molecular weight is 303 g/mol. The maximum atomic E-state index is 11.8. The second-order valence-corrected chi connectivity index (χ2v) is 5.41. The van der Waals surface area contributed by atoms with Crippen molar-refractivity contribution in [3.05, 3.63) is 40.9 Å². The second-order valence-electron chi connectivity index (χ2n) is 4.35. The number of amides is 1. The van der Waals surface area contributed by atoms with E-state index in [1.54, 1.807) is 13.2 Å². The predicted octanol–water partition coefficient (Wildman–Crippen LogP) is 3.15. The Labute approximate surface area is 127 Å². The lowest BCUT2D eigenvalue weighted by Gasteiger charge is -1.99. The molecular weight excluding hydrogens is 286 g/mol. The Bertz CT molecular complexity index is 620. The van der Waals surface area contributed by atoms with Gasteiger partial charge in [0, 0.05) is 12.5 Å². The van der Waals surface area contributed by atoms with Gasteiger partial charge in [-0.2, -0.15) is 0 Å². The van der Waals surface area contributed by atoms with E-state index < -0.39 is 0 Å². The quantitative estimate of drug-likeness (QED) is 0.833. The smallest absolute Gasteiger partial charge is 0.250 e. The fourth-order valence-corrected chi connectivity index (χ4v) is 2.50. The maximum Gasteiger partial charge on any atom is 0.250 e. The van der Waals surface area contributed by atoms with Crippen molar-refractivity contribution < 1.29 is 9.53 Å². The highest BCUT2D eigenvalue weighted by atomic mass is 32.1. The fraction of sp³-hybridized carbons (Fsp3) is 0.267. The highest BCUT2D eigenvalue weighted by molar-refractivity contribution is 7.15. The van der Waals surface area contributed by atoms with Crippen molar-refractivity contribution in [2.24, 2.45) is 0 Å². The van der Waals surface area contributed by atoms with Crippen molar-refractivity contribution in [1.29, 1.82) is 0 Å². The van der Waals surface area contributed by atoms with Crippen LogP contribution in [-0.4, -0.2) is 23.2 Å². The van der Waals surface area contributed by atoms with Crippen LogP contribution >= 0.6 is 11.3 Å². The van der Waals surface area contributed by atoms with E-state index in [1.165, 1.54) is 17.4 Å². The number of carbonyl (C=O) groups is 1. The number of anilines is 1. The molecule has 1 aromatic heterocycles. The second kappa shape index (κ2) is 7.54. The number of nitrogens with zero attached hydrogens (tertiary/aromatic N) is 2. The van der Waals surface area contributed by atoms with E-state index in [0.717, 1.165) is 29.2 Å². The minimum atomic E-state index is -0.218. The number of aromatic nitrogens is 2. The molecule has 1 aromatic carbocycles. The molecule has 2 aromatic rings. The van der Waals surface area contributed by atoms with E-state index in [1.807, 2.05) is 24.3 Å². The molecule has 0 aliphatic rings. The summed E-state index contributed by atoms with van der Waals surface area (Å²) in [6, 6.07) is 7.46. The molecule has 0 aliphatic heterocycles. The lowest BCUT2D eigenvalue weighted by Crippen LogP contribution is -2.07. The van der Waals surface area contributed by atoms with Gasteiger partial charge in [0.1, 0.15) is 10.8 Å². The number of methoxy groups -OCH3 is 1. The third-order valence-corrected chi connectivity index (χ3v) is 3.60. The van der Waals surface area contributed by atoms with Crippen LogP contribution in [0.3, 0.4) is 0 Å². The first-order valence-corrected chi connectivity index (χ1v) is 7.48. The van der Waals surface area contributed by atoms with E-state index in [4.69, 9.17) is 4.74 Å². The Morgan fingerprint density at radius 3 is 2.76 bits per heavy atom. The molecule has 0 radical (unpaired) electrons. The topological polar surface area (TPSA) is 64.1 Å². The molecule has 0 saturated carbocycles. The van der Waals surface area contributed by atoms with Gasteiger partial charge in [-0.3, -0.25) is 10.1 Å². The summed E-state index contributed by atoms with van der Waals surface area (Å²) in [6.07, 6.45) is 5.11. The van der Waals surface area contributed by atoms with Gasteiger partial charge in [0.05, 0.1) is 7.11 Å². The van der Waals surface area contributed by atoms with E-state index in [9.17, 15) is 4.79 Å². The van der Waals surface area contributed by atoms with Gasteiger partial charge in [0.25, 0.3) is 0 Å². The van der Waals surface area contributed by atoms with E-state index in [2.05, 4.69) is 22.4 Å². The van der Waals surface area contributed by atoms with E-state index in [0.29, 0.717) is 5.13 Å². The SMILES string of the molecule is CCCc1nnc(NC(=O)C=Cc2ccc(OC)cc2)s1. The predicted molar refractivity (Wildman–Crippen MR) is 84.6 cm³/mol. The van der Waals surface area contributed by atoms with Crippen molar-refractivity contribution in [2.75, 3.05) is 12.4 Å². The number of aryl methyl sites for hydroxylation is 1. The lowest BCUT2D eigenvalue weighted by atomic mass is 10.2. The van der Waals surface area contributed by atoms with Crippen LogP contribution in [-0.2, 0) is 11.2 Å². The normalized spacial score (nSPS) is 10.8. The zero-order valence-corrected chi connectivity index (χ0v) is 12.8. The Hall–Kier alpha value is -2.21. The highest BCUT2D eigenvalue weighted by Crippen LogP contribution is 2.16. The Morgan fingerprint density at radius 1 is 1.33 bits per heavy atom. The standard InChI is InChI=1S/C15H17N3O2S/c1-3-4-14-17-18-15(21-14)16-13(19)10-7-11-5-8-12(20-2)9-6-11/h5-10H,3-4H2,1-2H3,(H,16,18,19). The van der Waals surface area contributed by atoms with Crippen LogP contribution in [0.25, 0.3) is 6.08 Å². The molecule has 0 saturated heterocycles. The van der Waals surface area contributed by atoms with Gasteiger partial charge in [-0.15, -0.1) is 10.2 Å². The third-order valence-electron chi connectivity index (χ3n) is 2.70. The lowest BCUT2D eigenvalue weighted by molar-refractivity contribution is -0.111. The van der Waals surface area contributed by atoms with Crippen molar-refractivity contribution in [3.63, 3.8) is 0 Å². The zero-order valence-electron chi connectivity index (χ0n) is 12.0. The number of hydrogen-bond donors (Lipinski definition) is 1. The molecule has 0 atom stereocenters. The third kappa shape index (κ3) is 4.68. The monoisotopic (exact) mass is 303 g/mol. The van der Waals surface area contributed by atoms with E-state index >= 15 is 0 Å². The van der Waals surface area contributed by atoms with E-state index in [-0.39, 0.29) is 5.91 Å². The van der Waals surface area contributed by atoms with Crippen LogP contribution in [0.2, 0.25) is 0 Å². The fourth-order valence-electron chi connectivity index (χ4n) is 1.65. The number of nitrogens with one attached hydrogen (secondary N) is 1. The number of carbonyl (C=O) groups excluding carboxylic acids is 1. The molecular formula is C15H17N3O2S. The van der Waals surface area contributed by atoms with Crippen molar-refractivity contribution in [1.82, 2.24) is 10.2 Å². The largest absolute Gasteiger partial charge is 0.497 e. The summed E-state index contributed by atoms with van der Waals surface area (Å²) in [5, 5.41) is 12.1. The number of ether oxygens (including phenoxy) is 1. The molecule has 110 valence electrons. The van der Waals surface area contributed by atoms with Gasteiger partial charge in [0.15, 0.2) is 0 Å². The van der Waals surface area contributed by atoms with Crippen molar-refractivity contribution in [3.8, 4) is 5.75 Å². The molecule has 0 fully saturated rings. The molecule has 1 N–H and O–H groups in total. The molecule has 6 heteroatoms. The van der Waals surface area contributed by atoms with Crippen LogP contribution in [0, 0.1) is 0 Å². The Balaban J connectivity index is 1.91. The zero-order chi connectivity index (χ0) is 15.1. The molecule has 0 aliphatic carbocycles. The Kier molecular flexibility index (Phi) is 5.45. The summed E-state index contributed by atoms with van der Waals surface area (Å²) >= 11 is 1.41. The maximum absolute atomic E-state index is 11.8. The van der Waals surface area contributed by atoms with Crippen molar-refractivity contribution in [2.45, 2.75) is 19.8 Å². The Morgan fingerprint density at radius 2 is 2.10 bits per heavy atom. The van der Waals surface area contributed by atoms with Crippen LogP contribution in [0.5, 0.6) is 5.75 Å². The summed E-state index contributed by atoms with van der Waals surface area (Å²) in [5.74, 6) is 0.568. The molecule has 0 unspecified atom stereocenters. The van der Waals surface area contributed by atoms with Gasteiger partial charge in [-0.05, 0) is 30.2 Å². The first-order valence-electron chi connectivity index (χ1n) is 6.66. The van der Waals surface area contributed by atoms with Crippen LogP contribution in [0.15, 0.2) is 30.3 Å². The van der Waals surface area contributed by atoms with Gasteiger partial charge >= 0.3 is 0 Å². The number of hydrogen-bond acceptors (Lipinski definition) is 5. The summed E-state index contributed by atoms with van der Waals surface area (Å²) < 4.78 is 5.08.